The maximum Gasteiger partial charge on any atom is 0.328 e. The summed E-state index contributed by atoms with van der Waals surface area (Å²) >= 11 is 4.00. The maximum absolute atomic E-state index is 12.1. The van der Waals surface area contributed by atoms with Crippen molar-refractivity contribution in [2.45, 2.75) is 51.4 Å². The molecule has 0 bridgehead atoms. The molecular weight excluding hydrogens is 364 g/mol. The Bertz CT molecular complexity index is 516. The van der Waals surface area contributed by atoms with E-state index in [-0.39, 0.29) is 11.7 Å². The Hall–Kier alpha value is -1.85. The van der Waals surface area contributed by atoms with Gasteiger partial charge in [-0.3, -0.25) is 14.4 Å². The monoisotopic (exact) mass is 392 g/mol. The quantitative estimate of drug-likeness (QED) is 0.196. The molecule has 3 amide bonds. The first-order valence-electron chi connectivity index (χ1n) is 8.19. The number of aliphatic hydroxyl groups is 1. The van der Waals surface area contributed by atoms with Gasteiger partial charge in [0.2, 0.25) is 17.7 Å². The first-order valence-corrected chi connectivity index (χ1v) is 8.83. The van der Waals surface area contributed by atoms with Crippen molar-refractivity contribution in [2.24, 2.45) is 11.7 Å². The molecule has 5 unspecified atom stereocenters. The van der Waals surface area contributed by atoms with Crippen molar-refractivity contribution in [1.29, 1.82) is 0 Å². The smallest absolute Gasteiger partial charge is 0.328 e. The number of amides is 3. The molecule has 0 rings (SSSR count). The molecule has 0 aromatic carbocycles. The van der Waals surface area contributed by atoms with Gasteiger partial charge in [-0.2, -0.15) is 12.6 Å². The summed E-state index contributed by atoms with van der Waals surface area (Å²) in [4.78, 5) is 46.7. The van der Waals surface area contributed by atoms with Crippen molar-refractivity contribution in [3.63, 3.8) is 0 Å². The van der Waals surface area contributed by atoms with Crippen LogP contribution in [0.5, 0.6) is 0 Å². The third-order valence-electron chi connectivity index (χ3n) is 3.86. The predicted octanol–water partition coefficient (Wildman–Crippen LogP) is -2.16. The Kier molecular flexibility index (Phi) is 10.9. The van der Waals surface area contributed by atoms with Crippen LogP contribution in [0.15, 0.2) is 0 Å². The van der Waals surface area contributed by atoms with Crippen LogP contribution in [-0.4, -0.2) is 70.4 Å². The molecule has 0 radical (unpaired) electrons. The van der Waals surface area contributed by atoms with Crippen LogP contribution in [0.2, 0.25) is 0 Å². The summed E-state index contributed by atoms with van der Waals surface area (Å²) in [6.45, 7) is 4.39. The number of carbonyl (C=O) groups excluding carboxylic acids is 3. The number of rotatable bonds is 11. The summed E-state index contributed by atoms with van der Waals surface area (Å²) in [5, 5.41) is 25.0. The van der Waals surface area contributed by atoms with Gasteiger partial charge in [-0.25, -0.2) is 4.79 Å². The van der Waals surface area contributed by atoms with Crippen molar-refractivity contribution in [2.75, 3.05) is 12.3 Å². The Labute approximate surface area is 157 Å². The molecule has 10 nitrogen and oxygen atoms in total. The van der Waals surface area contributed by atoms with Crippen LogP contribution in [-0.2, 0) is 19.2 Å². The number of carbonyl (C=O) groups is 4. The van der Waals surface area contributed by atoms with Gasteiger partial charge >= 0.3 is 5.97 Å². The molecule has 0 aromatic rings. The minimum atomic E-state index is -1.49. The van der Waals surface area contributed by atoms with Crippen LogP contribution >= 0.6 is 12.6 Å². The molecule has 0 saturated heterocycles. The number of aliphatic carboxylic acids is 1. The average Bonchev–Trinajstić information content (AvgIpc) is 2.59. The number of nitrogens with two attached hydrogens (primary N) is 1. The van der Waals surface area contributed by atoms with Crippen LogP contribution < -0.4 is 21.7 Å². The van der Waals surface area contributed by atoms with Crippen molar-refractivity contribution in [1.82, 2.24) is 16.0 Å². The van der Waals surface area contributed by atoms with Crippen LogP contribution in [0.25, 0.3) is 0 Å². The molecule has 0 aliphatic heterocycles. The number of carboxylic acids is 1. The van der Waals surface area contributed by atoms with E-state index in [4.69, 9.17) is 10.8 Å². The highest BCUT2D eigenvalue weighted by atomic mass is 32.1. The first-order chi connectivity index (χ1) is 12.0. The third-order valence-corrected chi connectivity index (χ3v) is 4.23. The normalized spacial score (nSPS) is 16.5. The van der Waals surface area contributed by atoms with Gasteiger partial charge in [-0.15, -0.1) is 0 Å². The molecule has 0 aromatic heterocycles. The Morgan fingerprint density at radius 2 is 1.69 bits per heavy atom. The fourth-order valence-electron chi connectivity index (χ4n) is 1.88. The Morgan fingerprint density at radius 3 is 2.12 bits per heavy atom. The standard InChI is InChI=1S/C15H28N4O6S/c1-4-7(2)11(16)14(23)18-9(6-26)13(22)17-5-10(21)19-12(8(3)20)15(24)25/h7-9,11-12,20,26H,4-6,16H2,1-3H3,(H,17,22)(H,18,23)(H,19,21)(H,24,25). The van der Waals surface area contributed by atoms with Gasteiger partial charge in [0.1, 0.15) is 6.04 Å². The summed E-state index contributed by atoms with van der Waals surface area (Å²) in [6.07, 6.45) is -0.612. The molecule has 0 fully saturated rings. The van der Waals surface area contributed by atoms with E-state index in [9.17, 15) is 24.3 Å². The molecular formula is C15H28N4O6S. The fraction of sp³-hybridized carbons (Fsp3) is 0.733. The van der Waals surface area contributed by atoms with Crippen molar-refractivity contribution in [3.05, 3.63) is 0 Å². The van der Waals surface area contributed by atoms with Crippen LogP contribution in [0.1, 0.15) is 27.2 Å². The molecule has 5 atom stereocenters. The van der Waals surface area contributed by atoms with Gasteiger partial charge in [-0.05, 0) is 12.8 Å². The highest BCUT2D eigenvalue weighted by Crippen LogP contribution is 2.05. The minimum absolute atomic E-state index is 0.0160. The molecule has 7 N–H and O–H groups in total. The van der Waals surface area contributed by atoms with E-state index in [1.54, 1.807) is 0 Å². The molecule has 0 saturated carbocycles. The number of hydrogen-bond donors (Lipinski definition) is 7. The number of hydrogen-bond acceptors (Lipinski definition) is 7. The number of carboxylic acid groups (broad SMARTS) is 1. The van der Waals surface area contributed by atoms with Crippen molar-refractivity contribution in [3.8, 4) is 0 Å². The van der Waals surface area contributed by atoms with E-state index in [1.807, 2.05) is 13.8 Å². The van der Waals surface area contributed by atoms with E-state index >= 15 is 0 Å². The maximum atomic E-state index is 12.1. The highest BCUT2D eigenvalue weighted by molar-refractivity contribution is 7.80. The van der Waals surface area contributed by atoms with Gasteiger partial charge in [0.05, 0.1) is 18.7 Å². The summed E-state index contributed by atoms with van der Waals surface area (Å²) in [7, 11) is 0. The highest BCUT2D eigenvalue weighted by Gasteiger charge is 2.27. The van der Waals surface area contributed by atoms with Crippen LogP contribution in [0.3, 0.4) is 0 Å². The second-order valence-electron chi connectivity index (χ2n) is 6.00. The predicted molar refractivity (Wildman–Crippen MR) is 97.5 cm³/mol. The van der Waals surface area contributed by atoms with E-state index < -0.39 is 54.5 Å². The van der Waals surface area contributed by atoms with Crippen LogP contribution in [0.4, 0.5) is 0 Å². The average molecular weight is 392 g/mol. The zero-order valence-electron chi connectivity index (χ0n) is 15.1. The van der Waals surface area contributed by atoms with Gasteiger partial charge in [0.25, 0.3) is 0 Å². The zero-order chi connectivity index (χ0) is 20.4. The Morgan fingerprint density at radius 1 is 1.12 bits per heavy atom. The van der Waals surface area contributed by atoms with Crippen molar-refractivity contribution < 1.29 is 29.4 Å². The lowest BCUT2D eigenvalue weighted by Gasteiger charge is -2.22. The largest absolute Gasteiger partial charge is 0.480 e. The molecule has 0 heterocycles. The topological polar surface area (TPSA) is 171 Å². The lowest BCUT2D eigenvalue weighted by Crippen LogP contribution is -2.55. The van der Waals surface area contributed by atoms with Crippen LogP contribution in [0, 0.1) is 5.92 Å². The molecule has 0 aliphatic carbocycles. The van der Waals surface area contributed by atoms with Gasteiger partial charge in [0.15, 0.2) is 6.04 Å². The lowest BCUT2D eigenvalue weighted by atomic mass is 9.99. The summed E-state index contributed by atoms with van der Waals surface area (Å²) in [5.74, 6) is -3.45. The first kappa shape index (κ1) is 24.1. The summed E-state index contributed by atoms with van der Waals surface area (Å²) < 4.78 is 0. The van der Waals surface area contributed by atoms with Gasteiger partial charge in [0, 0.05) is 5.75 Å². The molecule has 11 heteroatoms. The van der Waals surface area contributed by atoms with Gasteiger partial charge in [-0.1, -0.05) is 20.3 Å². The lowest BCUT2D eigenvalue weighted by molar-refractivity contribution is -0.144. The zero-order valence-corrected chi connectivity index (χ0v) is 16.0. The molecule has 0 aliphatic rings. The SMILES string of the molecule is CCC(C)C(N)C(=O)NC(CS)C(=O)NCC(=O)NC(C(=O)O)C(C)O. The number of nitrogens with one attached hydrogen (secondary N) is 3. The molecule has 150 valence electrons. The third kappa shape index (κ3) is 8.02. The fourth-order valence-corrected chi connectivity index (χ4v) is 2.14. The van der Waals surface area contributed by atoms with E-state index in [0.717, 1.165) is 0 Å². The second-order valence-corrected chi connectivity index (χ2v) is 6.36. The number of thiol groups is 1. The summed E-state index contributed by atoms with van der Waals surface area (Å²) in [5.41, 5.74) is 5.80. The molecule has 26 heavy (non-hydrogen) atoms. The molecule has 0 spiro atoms. The number of aliphatic hydroxyl groups excluding tert-OH is 1. The van der Waals surface area contributed by atoms with Gasteiger partial charge < -0.3 is 31.9 Å². The van der Waals surface area contributed by atoms with E-state index in [0.29, 0.717) is 6.42 Å². The second kappa shape index (κ2) is 11.7. The van der Waals surface area contributed by atoms with Crippen molar-refractivity contribution >= 4 is 36.3 Å². The van der Waals surface area contributed by atoms with E-state index in [2.05, 4.69) is 28.6 Å². The Balaban J connectivity index is 4.60. The summed E-state index contributed by atoms with van der Waals surface area (Å²) in [6, 6.07) is -3.27. The van der Waals surface area contributed by atoms with E-state index in [1.165, 1.54) is 6.92 Å². The minimum Gasteiger partial charge on any atom is -0.480 e.